The third kappa shape index (κ3) is 4.80. The second-order valence-corrected chi connectivity index (χ2v) is 9.51. The topological polar surface area (TPSA) is 99.3 Å². The van der Waals surface area contributed by atoms with Gasteiger partial charge in [0, 0.05) is 39.3 Å². The van der Waals surface area contributed by atoms with Gasteiger partial charge in [0.2, 0.25) is 10.0 Å². The first kappa shape index (κ1) is 20.3. The Bertz CT molecular complexity index is 680. The third-order valence-corrected chi connectivity index (χ3v) is 6.37. The fraction of sp³-hybridized carbons (Fsp3) is 0.750. The van der Waals surface area contributed by atoms with E-state index in [1.54, 1.807) is 20.8 Å². The molecule has 1 N–H and O–H groups in total. The summed E-state index contributed by atoms with van der Waals surface area (Å²) in [5.41, 5.74) is -0.588. The number of amides is 3. The molecule has 2 heterocycles. The molecule has 146 valence electrons. The van der Waals surface area contributed by atoms with Crippen LogP contribution in [0.4, 0.5) is 9.59 Å². The number of urea groups is 1. The van der Waals surface area contributed by atoms with E-state index < -0.39 is 27.0 Å². The summed E-state index contributed by atoms with van der Waals surface area (Å²) in [7, 11) is -3.50. The van der Waals surface area contributed by atoms with Crippen LogP contribution in [0.2, 0.25) is 0 Å². The lowest BCUT2D eigenvalue weighted by atomic mass is 10.2. The Morgan fingerprint density at radius 2 is 1.73 bits per heavy atom. The van der Waals surface area contributed by atoms with Gasteiger partial charge < -0.3 is 19.9 Å². The number of ether oxygens (including phenoxy) is 1. The lowest BCUT2D eigenvalue weighted by molar-refractivity contribution is 0.0191. The molecule has 2 aliphatic rings. The minimum absolute atomic E-state index is 0.110. The van der Waals surface area contributed by atoms with Crippen LogP contribution in [-0.2, 0) is 14.8 Å². The van der Waals surface area contributed by atoms with Crippen LogP contribution in [0.3, 0.4) is 0 Å². The van der Waals surface area contributed by atoms with Crippen molar-refractivity contribution in [3.05, 3.63) is 0 Å². The molecule has 26 heavy (non-hydrogen) atoms. The van der Waals surface area contributed by atoms with Gasteiger partial charge in [-0.2, -0.15) is 4.31 Å². The number of nitrogens with one attached hydrogen (secondary N) is 1. The van der Waals surface area contributed by atoms with Crippen molar-refractivity contribution in [1.29, 1.82) is 0 Å². The van der Waals surface area contributed by atoms with E-state index >= 15 is 0 Å². The first-order valence-corrected chi connectivity index (χ1v) is 9.98. The normalized spacial score (nSPS) is 19.5. The highest BCUT2D eigenvalue weighted by Crippen LogP contribution is 2.22. The molecule has 0 aromatic rings. The third-order valence-electron chi connectivity index (χ3n) is 4.15. The minimum Gasteiger partial charge on any atom is -0.444 e. The Labute approximate surface area is 154 Å². The molecular formula is C16H26N4O5S. The van der Waals surface area contributed by atoms with Gasteiger partial charge in [0.05, 0.1) is 6.54 Å². The SMILES string of the molecule is C#CCNC(=O)N1CC(S(=O)(=O)N2CCN(C(=O)OC(C)(C)C)CC2)C1. The van der Waals surface area contributed by atoms with Crippen molar-refractivity contribution < 1.29 is 22.7 Å². The average molecular weight is 386 g/mol. The summed E-state index contributed by atoms with van der Waals surface area (Å²) < 4.78 is 32.0. The van der Waals surface area contributed by atoms with E-state index in [1.165, 1.54) is 14.1 Å². The number of rotatable bonds is 3. The Morgan fingerprint density at radius 1 is 1.15 bits per heavy atom. The summed E-state index contributed by atoms with van der Waals surface area (Å²) in [5.74, 6) is 2.29. The number of carbonyl (C=O) groups is 2. The first-order valence-electron chi connectivity index (χ1n) is 8.47. The highest BCUT2D eigenvalue weighted by molar-refractivity contribution is 7.89. The van der Waals surface area contributed by atoms with Crippen molar-refractivity contribution in [2.24, 2.45) is 0 Å². The molecule has 2 aliphatic heterocycles. The van der Waals surface area contributed by atoms with Crippen LogP contribution in [0.25, 0.3) is 0 Å². The molecule has 10 heteroatoms. The Balaban J connectivity index is 1.83. The number of hydrogen-bond acceptors (Lipinski definition) is 5. The minimum atomic E-state index is -3.50. The second-order valence-electron chi connectivity index (χ2n) is 7.30. The molecule has 2 rings (SSSR count). The molecule has 3 amide bonds. The molecule has 9 nitrogen and oxygen atoms in total. The fourth-order valence-corrected chi connectivity index (χ4v) is 4.52. The van der Waals surface area contributed by atoms with E-state index in [9.17, 15) is 18.0 Å². The Kier molecular flexibility index (Phi) is 6.03. The zero-order valence-electron chi connectivity index (χ0n) is 15.4. The van der Waals surface area contributed by atoms with E-state index in [2.05, 4.69) is 11.2 Å². The molecule has 0 aromatic carbocycles. The van der Waals surface area contributed by atoms with Gasteiger partial charge in [-0.1, -0.05) is 5.92 Å². The van der Waals surface area contributed by atoms with Gasteiger partial charge in [-0.3, -0.25) is 0 Å². The molecule has 0 atom stereocenters. The van der Waals surface area contributed by atoms with Crippen molar-refractivity contribution in [3.63, 3.8) is 0 Å². The molecule has 0 aromatic heterocycles. The van der Waals surface area contributed by atoms with Crippen LogP contribution in [0.15, 0.2) is 0 Å². The maximum atomic E-state index is 12.7. The summed E-state index contributed by atoms with van der Waals surface area (Å²) in [6, 6.07) is -0.357. The van der Waals surface area contributed by atoms with Crippen LogP contribution in [0.5, 0.6) is 0 Å². The monoisotopic (exact) mass is 386 g/mol. The lowest BCUT2D eigenvalue weighted by Crippen LogP contribution is -2.63. The summed E-state index contributed by atoms with van der Waals surface area (Å²) in [5, 5.41) is 1.89. The molecule has 2 fully saturated rings. The van der Waals surface area contributed by atoms with Gasteiger partial charge in [-0.05, 0) is 20.8 Å². The summed E-state index contributed by atoms with van der Waals surface area (Å²) >= 11 is 0. The van der Waals surface area contributed by atoms with Crippen LogP contribution in [-0.4, -0.2) is 91.3 Å². The Hall–Kier alpha value is -1.99. The quantitative estimate of drug-likeness (QED) is 0.683. The standard InChI is InChI=1S/C16H26N4O5S/c1-5-6-17-14(21)19-11-13(12-19)26(23,24)20-9-7-18(8-10-20)15(22)25-16(2,3)4/h1,13H,6-12H2,2-4H3,(H,17,21). The highest BCUT2D eigenvalue weighted by atomic mass is 32.2. The number of nitrogens with zero attached hydrogens (tertiary/aromatic N) is 3. The zero-order valence-corrected chi connectivity index (χ0v) is 16.2. The van der Waals surface area contributed by atoms with Crippen molar-refractivity contribution in [2.45, 2.75) is 31.6 Å². The van der Waals surface area contributed by atoms with Crippen LogP contribution in [0.1, 0.15) is 20.8 Å². The average Bonchev–Trinajstić information content (AvgIpc) is 2.49. The van der Waals surface area contributed by atoms with Crippen molar-refractivity contribution in [3.8, 4) is 12.3 Å². The number of likely N-dealkylation sites (tertiary alicyclic amines) is 1. The number of piperazine rings is 1. The van der Waals surface area contributed by atoms with Crippen molar-refractivity contribution >= 4 is 22.1 Å². The molecule has 0 aliphatic carbocycles. The number of carbonyl (C=O) groups excluding carboxylic acids is 2. The lowest BCUT2D eigenvalue weighted by Gasteiger charge is -2.42. The van der Waals surface area contributed by atoms with Crippen molar-refractivity contribution in [1.82, 2.24) is 19.4 Å². The van der Waals surface area contributed by atoms with Crippen LogP contribution >= 0.6 is 0 Å². The molecule has 0 saturated carbocycles. The van der Waals surface area contributed by atoms with Crippen LogP contribution in [0, 0.1) is 12.3 Å². The number of hydrogen-bond donors (Lipinski definition) is 1. The zero-order chi connectivity index (χ0) is 19.5. The van der Waals surface area contributed by atoms with Gasteiger partial charge in [0.25, 0.3) is 0 Å². The van der Waals surface area contributed by atoms with Crippen LogP contribution < -0.4 is 5.32 Å². The smallest absolute Gasteiger partial charge is 0.410 e. The Morgan fingerprint density at radius 3 is 2.23 bits per heavy atom. The number of terminal acetylenes is 1. The fourth-order valence-electron chi connectivity index (χ4n) is 2.69. The predicted molar refractivity (Wildman–Crippen MR) is 95.9 cm³/mol. The molecule has 0 unspecified atom stereocenters. The highest BCUT2D eigenvalue weighted by Gasteiger charge is 2.43. The molecule has 2 saturated heterocycles. The summed E-state index contributed by atoms with van der Waals surface area (Å²) in [6.45, 7) is 6.77. The van der Waals surface area contributed by atoms with E-state index in [0.29, 0.717) is 0 Å². The predicted octanol–water partition coefficient (Wildman–Crippen LogP) is -0.104. The molecule has 0 bridgehead atoms. The van der Waals surface area contributed by atoms with Gasteiger partial charge in [0.1, 0.15) is 10.9 Å². The van der Waals surface area contributed by atoms with E-state index in [1.807, 2.05) is 0 Å². The summed E-state index contributed by atoms with van der Waals surface area (Å²) in [4.78, 5) is 26.7. The van der Waals surface area contributed by atoms with E-state index in [0.717, 1.165) is 0 Å². The summed E-state index contributed by atoms with van der Waals surface area (Å²) in [6.07, 6.45) is 4.64. The van der Waals surface area contributed by atoms with Gasteiger partial charge in [-0.15, -0.1) is 6.42 Å². The number of sulfonamides is 1. The second kappa shape index (κ2) is 7.72. The van der Waals surface area contributed by atoms with Crippen molar-refractivity contribution in [2.75, 3.05) is 45.8 Å². The molecular weight excluding hydrogens is 360 g/mol. The van der Waals surface area contributed by atoms with E-state index in [4.69, 9.17) is 11.2 Å². The molecule has 0 spiro atoms. The maximum Gasteiger partial charge on any atom is 0.410 e. The van der Waals surface area contributed by atoms with E-state index in [-0.39, 0.29) is 51.8 Å². The van der Waals surface area contributed by atoms with Gasteiger partial charge in [-0.25, -0.2) is 18.0 Å². The van der Waals surface area contributed by atoms with Gasteiger partial charge in [0.15, 0.2) is 0 Å². The largest absolute Gasteiger partial charge is 0.444 e. The van der Waals surface area contributed by atoms with Gasteiger partial charge >= 0.3 is 12.1 Å². The first-order chi connectivity index (χ1) is 12.0. The molecule has 0 radical (unpaired) electrons. The maximum absolute atomic E-state index is 12.7.